The summed E-state index contributed by atoms with van der Waals surface area (Å²) in [5.41, 5.74) is 6.05. The SMILES string of the molecule is C1=CC(n2c3ccc(Nc4ccc5c(c4)sc4ccccc45)cc3c3c4ccccc4c4c5ccccc5sc4c32)=CCC1.C=C(C)Br.CC.CC. The Morgan fingerprint density at radius 2 is 1.21 bits per heavy atom. The average molecular weight is 780 g/mol. The second-order valence-electron chi connectivity index (χ2n) is 12.4. The van der Waals surface area contributed by atoms with Crippen LogP contribution in [0.4, 0.5) is 11.4 Å². The molecule has 260 valence electrons. The van der Waals surface area contributed by atoms with Crippen LogP contribution in [0.25, 0.3) is 78.6 Å². The molecule has 0 saturated heterocycles. The predicted molar refractivity (Wildman–Crippen MR) is 242 cm³/mol. The molecule has 9 aromatic rings. The Morgan fingerprint density at radius 3 is 1.90 bits per heavy atom. The molecule has 0 amide bonds. The third-order valence-corrected chi connectivity index (χ3v) is 11.5. The van der Waals surface area contributed by atoms with Gasteiger partial charge in [0, 0.05) is 63.5 Å². The van der Waals surface area contributed by atoms with Crippen LogP contribution in [0.2, 0.25) is 0 Å². The summed E-state index contributed by atoms with van der Waals surface area (Å²) in [4.78, 5) is 0. The van der Waals surface area contributed by atoms with E-state index >= 15 is 0 Å². The van der Waals surface area contributed by atoms with E-state index in [4.69, 9.17) is 0 Å². The summed E-state index contributed by atoms with van der Waals surface area (Å²) in [6, 6.07) is 40.2. The number of rotatable bonds is 3. The van der Waals surface area contributed by atoms with Gasteiger partial charge in [-0.25, -0.2) is 0 Å². The molecule has 0 radical (unpaired) electrons. The van der Waals surface area contributed by atoms with E-state index in [0.717, 1.165) is 28.7 Å². The molecule has 0 bridgehead atoms. The van der Waals surface area contributed by atoms with Crippen LogP contribution in [-0.4, -0.2) is 4.57 Å². The second-order valence-corrected chi connectivity index (χ2v) is 15.8. The first-order valence-corrected chi connectivity index (χ1v) is 20.6. The van der Waals surface area contributed by atoms with Crippen molar-refractivity contribution in [3.63, 3.8) is 0 Å². The number of thiophene rings is 2. The molecule has 3 heterocycles. The maximum absolute atomic E-state index is 3.76. The van der Waals surface area contributed by atoms with Crippen molar-refractivity contribution in [1.29, 1.82) is 0 Å². The monoisotopic (exact) mass is 778 g/mol. The van der Waals surface area contributed by atoms with Gasteiger partial charge in [-0.1, -0.05) is 129 Å². The molecule has 1 aliphatic carbocycles. The zero-order valence-electron chi connectivity index (χ0n) is 30.4. The molecule has 3 aromatic heterocycles. The zero-order chi connectivity index (χ0) is 36.4. The van der Waals surface area contributed by atoms with E-state index in [9.17, 15) is 0 Å². The minimum atomic E-state index is 0.979. The Bertz CT molecular complexity index is 2800. The van der Waals surface area contributed by atoms with Gasteiger partial charge in [0.2, 0.25) is 0 Å². The molecule has 0 fully saturated rings. The standard InChI is InChI=1S/C40H26N2S2.C3H5Br.2C2H6/c1-2-10-26(11-3-1)42-33-21-19-24(41-25-18-20-28-27-12-6-8-16-34(27)43-36(28)23-25)22-32(33)37-29-13-4-5-14-30(29)38-31-15-7-9-17-35(31)44-40(38)39(37)42;1-3(2)4;2*1-2/h2,4-23,41H,1,3H2;1H2,2H3;2*1-2H3. The molecule has 0 saturated carbocycles. The van der Waals surface area contributed by atoms with Crippen molar-refractivity contribution in [2.24, 2.45) is 0 Å². The number of nitrogens with one attached hydrogen (secondary N) is 1. The number of aromatic nitrogens is 1. The number of anilines is 2. The Kier molecular flexibility index (Phi) is 10.7. The van der Waals surface area contributed by atoms with E-state index in [-0.39, 0.29) is 0 Å². The molecule has 6 aromatic carbocycles. The highest BCUT2D eigenvalue weighted by Crippen LogP contribution is 2.48. The molecule has 1 N–H and O–H groups in total. The molecular weight excluding hydrogens is 737 g/mol. The largest absolute Gasteiger partial charge is 0.355 e. The molecule has 0 aliphatic heterocycles. The van der Waals surface area contributed by atoms with Crippen molar-refractivity contribution >= 4 is 129 Å². The first kappa shape index (κ1) is 35.7. The van der Waals surface area contributed by atoms with Crippen LogP contribution >= 0.6 is 38.6 Å². The van der Waals surface area contributed by atoms with Gasteiger partial charge in [0.1, 0.15) is 0 Å². The highest BCUT2D eigenvalue weighted by atomic mass is 79.9. The quantitative estimate of drug-likeness (QED) is 0.189. The molecule has 52 heavy (non-hydrogen) atoms. The fourth-order valence-electron chi connectivity index (χ4n) is 7.26. The molecule has 2 nitrogen and oxygen atoms in total. The smallest absolute Gasteiger partial charge is 0.0726 e. The van der Waals surface area contributed by atoms with E-state index in [1.54, 1.807) is 0 Å². The van der Waals surface area contributed by atoms with Gasteiger partial charge in [-0.2, -0.15) is 0 Å². The van der Waals surface area contributed by atoms with Gasteiger partial charge in [-0.15, -0.1) is 22.7 Å². The Labute approximate surface area is 322 Å². The molecule has 0 spiro atoms. The van der Waals surface area contributed by atoms with E-state index in [0.29, 0.717) is 0 Å². The lowest BCUT2D eigenvalue weighted by atomic mass is 9.98. The first-order valence-electron chi connectivity index (χ1n) is 18.2. The van der Waals surface area contributed by atoms with Crippen molar-refractivity contribution in [3.05, 3.63) is 138 Å². The van der Waals surface area contributed by atoms with Crippen LogP contribution in [0.1, 0.15) is 47.5 Å². The third-order valence-electron chi connectivity index (χ3n) is 9.14. The normalized spacial score (nSPS) is 12.4. The lowest BCUT2D eigenvalue weighted by Crippen LogP contribution is -1.97. The van der Waals surface area contributed by atoms with Gasteiger partial charge in [0.15, 0.2) is 0 Å². The number of allylic oxidation sites excluding steroid dienone is 5. The number of fused-ring (bicyclic) bond motifs is 13. The highest BCUT2D eigenvalue weighted by molar-refractivity contribution is 9.11. The van der Waals surface area contributed by atoms with E-state index in [1.807, 2.05) is 57.3 Å². The molecule has 10 rings (SSSR count). The predicted octanol–water partition coefficient (Wildman–Crippen LogP) is 16.6. The maximum Gasteiger partial charge on any atom is 0.0726 e. The van der Waals surface area contributed by atoms with Crippen LogP contribution in [0.5, 0.6) is 0 Å². The summed E-state index contributed by atoms with van der Waals surface area (Å²) in [6.07, 6.45) is 9.19. The number of nitrogens with zero attached hydrogens (tertiary/aromatic N) is 1. The van der Waals surface area contributed by atoms with Gasteiger partial charge in [-0.05, 0) is 83.6 Å². The summed E-state index contributed by atoms with van der Waals surface area (Å²) >= 11 is 6.86. The number of hydrogen-bond donors (Lipinski definition) is 1. The zero-order valence-corrected chi connectivity index (χ0v) is 33.6. The molecular formula is C47H43BrN2S2. The first-order chi connectivity index (χ1) is 25.5. The number of hydrogen-bond acceptors (Lipinski definition) is 3. The Hall–Kier alpha value is -4.68. The van der Waals surface area contributed by atoms with E-state index in [1.165, 1.54) is 78.6 Å². The van der Waals surface area contributed by atoms with Crippen molar-refractivity contribution in [2.45, 2.75) is 47.5 Å². The maximum atomic E-state index is 3.76. The van der Waals surface area contributed by atoms with Gasteiger partial charge < -0.3 is 9.88 Å². The van der Waals surface area contributed by atoms with Gasteiger partial charge in [0.25, 0.3) is 0 Å². The third kappa shape index (κ3) is 6.36. The summed E-state index contributed by atoms with van der Waals surface area (Å²) in [6.45, 7) is 13.4. The van der Waals surface area contributed by atoms with Crippen LogP contribution in [0, 0.1) is 0 Å². The van der Waals surface area contributed by atoms with Crippen LogP contribution < -0.4 is 5.32 Å². The molecule has 5 heteroatoms. The lowest BCUT2D eigenvalue weighted by molar-refractivity contribution is 1.02. The van der Waals surface area contributed by atoms with Crippen molar-refractivity contribution in [2.75, 3.05) is 5.32 Å². The molecule has 0 atom stereocenters. The fraction of sp³-hybridized carbons (Fsp3) is 0.149. The van der Waals surface area contributed by atoms with Crippen molar-refractivity contribution in [3.8, 4) is 0 Å². The Balaban J connectivity index is 0.000000488. The fourth-order valence-corrected chi connectivity index (χ4v) is 9.66. The summed E-state index contributed by atoms with van der Waals surface area (Å²) in [5.74, 6) is 0. The van der Waals surface area contributed by atoms with E-state index in [2.05, 4.69) is 160 Å². The second kappa shape index (κ2) is 15.5. The molecule has 0 unspecified atom stereocenters. The molecule has 1 aliphatic rings. The number of halogens is 1. The number of benzene rings is 6. The summed E-state index contributed by atoms with van der Waals surface area (Å²) in [7, 11) is 0. The van der Waals surface area contributed by atoms with Crippen molar-refractivity contribution in [1.82, 2.24) is 4.57 Å². The van der Waals surface area contributed by atoms with Gasteiger partial charge in [0.05, 0.1) is 15.7 Å². The average Bonchev–Trinajstić information content (AvgIpc) is 3.86. The van der Waals surface area contributed by atoms with Crippen LogP contribution in [-0.2, 0) is 0 Å². The van der Waals surface area contributed by atoms with Gasteiger partial charge >= 0.3 is 0 Å². The minimum absolute atomic E-state index is 0.979. The van der Waals surface area contributed by atoms with Crippen molar-refractivity contribution < 1.29 is 0 Å². The van der Waals surface area contributed by atoms with E-state index < -0.39 is 0 Å². The highest BCUT2D eigenvalue weighted by Gasteiger charge is 2.22. The van der Waals surface area contributed by atoms with Gasteiger partial charge in [-0.3, -0.25) is 0 Å². The van der Waals surface area contributed by atoms with Crippen LogP contribution in [0.3, 0.4) is 0 Å². The topological polar surface area (TPSA) is 17.0 Å². The summed E-state index contributed by atoms with van der Waals surface area (Å²) < 4.78 is 8.84. The minimum Gasteiger partial charge on any atom is -0.355 e. The van der Waals surface area contributed by atoms with Crippen LogP contribution in [0.15, 0.2) is 138 Å². The lowest BCUT2D eigenvalue weighted by Gasteiger charge is -2.13. The Morgan fingerprint density at radius 1 is 0.635 bits per heavy atom. The summed E-state index contributed by atoms with van der Waals surface area (Å²) in [5, 5.41) is 14.4.